The lowest BCUT2D eigenvalue weighted by atomic mass is 10.0. The van der Waals surface area contributed by atoms with Crippen LogP contribution in [0, 0.1) is 15.9 Å². The predicted octanol–water partition coefficient (Wildman–Crippen LogP) is 3.66. The number of hydrogen-bond donors (Lipinski definition) is 1. The van der Waals surface area contributed by atoms with Crippen molar-refractivity contribution in [2.45, 2.75) is 25.4 Å². The molecule has 8 heteroatoms. The molecule has 2 amide bonds. The van der Waals surface area contributed by atoms with E-state index in [1.54, 1.807) is 18.2 Å². The maximum Gasteiger partial charge on any atom is 0.273 e. The average molecular weight is 449 g/mol. The van der Waals surface area contributed by atoms with Crippen molar-refractivity contribution in [3.8, 4) is 0 Å². The molecule has 3 aromatic rings. The average Bonchev–Trinajstić information content (AvgIpc) is 2.82. The number of nitrogens with one attached hydrogen (secondary N) is 1. The molecule has 0 aliphatic heterocycles. The van der Waals surface area contributed by atoms with E-state index in [9.17, 15) is 24.1 Å². The lowest BCUT2D eigenvalue weighted by molar-refractivity contribution is -0.385. The maximum atomic E-state index is 13.5. The quantitative estimate of drug-likeness (QED) is 0.399. The van der Waals surface area contributed by atoms with Crippen molar-refractivity contribution in [3.63, 3.8) is 0 Å². The molecule has 0 aromatic heterocycles. The molecule has 0 bridgehead atoms. The standard InChI is InChI=1S/C25H24FN3O4/c1-27-25(31)23(15-18-7-3-2-4-8-18)28(17-19-11-13-21(26)14-12-19)24(30)16-20-9-5-6-10-22(20)29(32)33/h2-14,23H,15-17H2,1H3,(H,27,31)/t23-/m1/s1. The Labute approximate surface area is 191 Å². The van der Waals surface area contributed by atoms with Crippen molar-refractivity contribution in [1.29, 1.82) is 0 Å². The van der Waals surface area contributed by atoms with E-state index in [2.05, 4.69) is 5.32 Å². The van der Waals surface area contributed by atoms with E-state index in [0.717, 1.165) is 5.56 Å². The molecule has 0 saturated heterocycles. The molecular formula is C25H24FN3O4. The summed E-state index contributed by atoms with van der Waals surface area (Å²) >= 11 is 0. The van der Waals surface area contributed by atoms with Gasteiger partial charge in [-0.2, -0.15) is 0 Å². The van der Waals surface area contributed by atoms with E-state index < -0.39 is 22.7 Å². The molecule has 0 aliphatic rings. The molecule has 170 valence electrons. The number of halogens is 1. The number of carbonyl (C=O) groups is 2. The second-order valence-electron chi connectivity index (χ2n) is 7.53. The molecule has 7 nitrogen and oxygen atoms in total. The van der Waals surface area contributed by atoms with Gasteiger partial charge in [0.25, 0.3) is 5.69 Å². The molecule has 0 unspecified atom stereocenters. The van der Waals surface area contributed by atoms with Gasteiger partial charge in [-0.05, 0) is 23.3 Å². The minimum absolute atomic E-state index is 0.0463. The highest BCUT2D eigenvalue weighted by Gasteiger charge is 2.31. The Morgan fingerprint density at radius 3 is 2.24 bits per heavy atom. The zero-order valence-corrected chi connectivity index (χ0v) is 18.1. The van der Waals surface area contributed by atoms with Crippen molar-refractivity contribution < 1.29 is 18.9 Å². The van der Waals surface area contributed by atoms with Crippen LogP contribution in [-0.2, 0) is 29.0 Å². The van der Waals surface area contributed by atoms with Gasteiger partial charge in [-0.1, -0.05) is 60.7 Å². The van der Waals surface area contributed by atoms with Crippen molar-refractivity contribution in [2.24, 2.45) is 0 Å². The third-order valence-electron chi connectivity index (χ3n) is 5.31. The first-order chi connectivity index (χ1) is 15.9. The first-order valence-corrected chi connectivity index (χ1v) is 10.4. The first-order valence-electron chi connectivity index (χ1n) is 10.4. The highest BCUT2D eigenvalue weighted by Crippen LogP contribution is 2.21. The van der Waals surface area contributed by atoms with Crippen LogP contribution in [0.1, 0.15) is 16.7 Å². The molecule has 0 radical (unpaired) electrons. The summed E-state index contributed by atoms with van der Waals surface area (Å²) < 4.78 is 13.4. The summed E-state index contributed by atoms with van der Waals surface area (Å²) in [7, 11) is 1.49. The SMILES string of the molecule is CNC(=O)[C@@H](Cc1ccccc1)N(Cc1ccc(F)cc1)C(=O)Cc1ccccc1[N+](=O)[O-]. The predicted molar refractivity (Wildman–Crippen MR) is 122 cm³/mol. The number of benzene rings is 3. The van der Waals surface area contributed by atoms with Crippen LogP contribution >= 0.6 is 0 Å². The summed E-state index contributed by atoms with van der Waals surface area (Å²) in [6.45, 7) is 0.0463. The number of para-hydroxylation sites is 1. The number of rotatable bonds is 9. The summed E-state index contributed by atoms with van der Waals surface area (Å²) in [5, 5.41) is 14.0. The number of nitrogens with zero attached hydrogens (tertiary/aromatic N) is 2. The van der Waals surface area contributed by atoms with Crippen molar-refractivity contribution in [1.82, 2.24) is 10.2 Å². The van der Waals surface area contributed by atoms with E-state index in [1.165, 1.54) is 42.3 Å². The van der Waals surface area contributed by atoms with Gasteiger partial charge in [0.05, 0.1) is 11.3 Å². The van der Waals surface area contributed by atoms with Crippen LogP contribution in [-0.4, -0.2) is 34.7 Å². The fourth-order valence-electron chi connectivity index (χ4n) is 3.61. The molecule has 0 fully saturated rings. The number of nitro groups is 1. The summed E-state index contributed by atoms with van der Waals surface area (Å²) in [6, 6.07) is 20.1. The number of hydrogen-bond acceptors (Lipinski definition) is 4. The molecule has 0 saturated carbocycles. The summed E-state index contributed by atoms with van der Waals surface area (Å²) in [6.07, 6.45) is 0.00492. The monoisotopic (exact) mass is 449 g/mol. The third-order valence-corrected chi connectivity index (χ3v) is 5.31. The van der Waals surface area contributed by atoms with Gasteiger partial charge in [-0.3, -0.25) is 19.7 Å². The summed E-state index contributed by atoms with van der Waals surface area (Å²) in [5.41, 5.74) is 1.59. The Bertz CT molecular complexity index is 1120. The van der Waals surface area contributed by atoms with Gasteiger partial charge in [-0.15, -0.1) is 0 Å². The van der Waals surface area contributed by atoms with Gasteiger partial charge >= 0.3 is 0 Å². The lowest BCUT2D eigenvalue weighted by Crippen LogP contribution is -2.50. The second kappa shape index (κ2) is 11.0. The number of carbonyl (C=O) groups excluding carboxylic acids is 2. The van der Waals surface area contributed by atoms with Crippen LogP contribution in [0.3, 0.4) is 0 Å². The minimum atomic E-state index is -0.863. The zero-order valence-electron chi connectivity index (χ0n) is 18.1. The Morgan fingerprint density at radius 2 is 1.61 bits per heavy atom. The topological polar surface area (TPSA) is 92.6 Å². The Balaban J connectivity index is 1.97. The van der Waals surface area contributed by atoms with Gasteiger partial charge in [0.15, 0.2) is 0 Å². The molecule has 0 heterocycles. The molecule has 0 spiro atoms. The van der Waals surface area contributed by atoms with Crippen molar-refractivity contribution in [2.75, 3.05) is 7.05 Å². The largest absolute Gasteiger partial charge is 0.357 e. The van der Waals surface area contributed by atoms with Gasteiger partial charge in [0.1, 0.15) is 11.9 Å². The normalized spacial score (nSPS) is 11.5. The van der Waals surface area contributed by atoms with Gasteiger partial charge < -0.3 is 10.2 Å². The molecular weight excluding hydrogens is 425 g/mol. The van der Waals surface area contributed by atoms with Crippen LogP contribution in [0.5, 0.6) is 0 Å². The zero-order chi connectivity index (χ0) is 23.8. The number of likely N-dealkylation sites (N-methyl/N-ethyl adjacent to an activating group) is 1. The fraction of sp³-hybridized carbons (Fsp3) is 0.200. The van der Waals surface area contributed by atoms with Crippen LogP contribution in [0.15, 0.2) is 78.9 Å². The molecule has 33 heavy (non-hydrogen) atoms. The lowest BCUT2D eigenvalue weighted by Gasteiger charge is -2.31. The van der Waals surface area contributed by atoms with Crippen LogP contribution < -0.4 is 5.32 Å². The van der Waals surface area contributed by atoms with E-state index >= 15 is 0 Å². The molecule has 3 aromatic carbocycles. The second-order valence-corrected chi connectivity index (χ2v) is 7.53. The van der Waals surface area contributed by atoms with Crippen LogP contribution in [0.2, 0.25) is 0 Å². The highest BCUT2D eigenvalue weighted by molar-refractivity contribution is 5.89. The number of amides is 2. The third kappa shape index (κ3) is 6.22. The highest BCUT2D eigenvalue weighted by atomic mass is 19.1. The Kier molecular flexibility index (Phi) is 7.86. The maximum absolute atomic E-state index is 13.5. The van der Waals surface area contributed by atoms with E-state index in [-0.39, 0.29) is 36.5 Å². The van der Waals surface area contributed by atoms with Crippen molar-refractivity contribution in [3.05, 3.63) is 111 Å². The molecule has 1 atom stereocenters. The van der Waals surface area contributed by atoms with E-state index in [1.807, 2.05) is 30.3 Å². The minimum Gasteiger partial charge on any atom is -0.357 e. The van der Waals surface area contributed by atoms with Gasteiger partial charge in [0.2, 0.25) is 11.8 Å². The summed E-state index contributed by atoms with van der Waals surface area (Å²) in [5.74, 6) is -1.22. The fourth-order valence-corrected chi connectivity index (χ4v) is 3.61. The Hall–Kier alpha value is -4.07. The van der Waals surface area contributed by atoms with Gasteiger partial charge in [0, 0.05) is 31.6 Å². The Morgan fingerprint density at radius 1 is 0.970 bits per heavy atom. The molecule has 0 aliphatic carbocycles. The van der Waals surface area contributed by atoms with Gasteiger partial charge in [-0.25, -0.2) is 4.39 Å². The number of nitro benzene ring substituents is 1. The van der Waals surface area contributed by atoms with Crippen molar-refractivity contribution >= 4 is 17.5 Å². The van der Waals surface area contributed by atoms with E-state index in [4.69, 9.17) is 0 Å². The smallest absolute Gasteiger partial charge is 0.273 e. The first kappa shape index (κ1) is 23.6. The molecule has 1 N–H and O–H groups in total. The molecule has 3 rings (SSSR count). The summed E-state index contributed by atoms with van der Waals surface area (Å²) in [4.78, 5) is 38.6. The van der Waals surface area contributed by atoms with E-state index in [0.29, 0.717) is 5.56 Å². The van der Waals surface area contributed by atoms with Crippen LogP contribution in [0.4, 0.5) is 10.1 Å². The van der Waals surface area contributed by atoms with Crippen LogP contribution in [0.25, 0.3) is 0 Å².